The predicted octanol–water partition coefficient (Wildman–Crippen LogP) is 1.76. The molecule has 3 heteroatoms. The van der Waals surface area contributed by atoms with Crippen molar-refractivity contribution < 1.29 is 0 Å². The molecule has 2 radical (unpaired) electrons. The maximum absolute atomic E-state index is 3.40. The molecule has 2 nitrogen and oxygen atoms in total. The molecule has 2 N–H and O–H groups in total. The van der Waals surface area contributed by atoms with Gasteiger partial charge in [-0.25, -0.2) is 0 Å². The number of nitrogens with one attached hydrogen (secondary N) is 2. The van der Waals surface area contributed by atoms with Gasteiger partial charge in [0.2, 0.25) is 0 Å². The van der Waals surface area contributed by atoms with Gasteiger partial charge in [0.15, 0.2) is 0 Å². The van der Waals surface area contributed by atoms with Crippen molar-refractivity contribution in [3.63, 3.8) is 0 Å². The summed E-state index contributed by atoms with van der Waals surface area (Å²) in [6.07, 6.45) is 1.09. The SMILES string of the molecule is [C]1NCCc2[nH]c3ccsc3c21. The Bertz CT molecular complexity index is 413. The molecule has 0 saturated heterocycles. The monoisotopic (exact) mass is 176 g/mol. The Morgan fingerprint density at radius 1 is 1.50 bits per heavy atom. The number of aromatic amines is 1. The molecule has 0 unspecified atom stereocenters. The fraction of sp³-hybridized carbons (Fsp3) is 0.222. The molecule has 0 spiro atoms. The van der Waals surface area contributed by atoms with Crippen molar-refractivity contribution in [1.82, 2.24) is 10.3 Å². The average molecular weight is 176 g/mol. The molecule has 0 bridgehead atoms. The summed E-state index contributed by atoms with van der Waals surface area (Å²) in [7, 11) is 0. The fourth-order valence-electron chi connectivity index (χ4n) is 1.62. The summed E-state index contributed by atoms with van der Waals surface area (Å²) >= 11 is 1.77. The highest BCUT2D eigenvalue weighted by atomic mass is 32.1. The van der Waals surface area contributed by atoms with E-state index in [1.165, 1.54) is 21.5 Å². The molecular formula is C9H8N2S. The van der Waals surface area contributed by atoms with Gasteiger partial charge in [0.25, 0.3) is 0 Å². The van der Waals surface area contributed by atoms with E-state index in [9.17, 15) is 0 Å². The van der Waals surface area contributed by atoms with Gasteiger partial charge in [0, 0.05) is 24.2 Å². The van der Waals surface area contributed by atoms with Crippen LogP contribution in [0, 0.1) is 6.54 Å². The first-order valence-corrected chi connectivity index (χ1v) is 4.90. The number of H-pyrrole nitrogens is 1. The van der Waals surface area contributed by atoms with Gasteiger partial charge in [-0.15, -0.1) is 11.3 Å². The number of thiophene rings is 1. The average Bonchev–Trinajstić information content (AvgIpc) is 2.62. The van der Waals surface area contributed by atoms with E-state index in [1.807, 2.05) is 0 Å². The number of hydrogen-bond acceptors (Lipinski definition) is 2. The van der Waals surface area contributed by atoms with Crippen molar-refractivity contribution in [3.05, 3.63) is 29.2 Å². The van der Waals surface area contributed by atoms with E-state index in [0.29, 0.717) is 0 Å². The van der Waals surface area contributed by atoms with Crippen LogP contribution in [-0.4, -0.2) is 11.5 Å². The van der Waals surface area contributed by atoms with E-state index in [1.54, 1.807) is 11.3 Å². The van der Waals surface area contributed by atoms with Crippen LogP contribution in [0.1, 0.15) is 11.3 Å². The lowest BCUT2D eigenvalue weighted by Crippen LogP contribution is -2.20. The minimum absolute atomic E-state index is 1.00. The van der Waals surface area contributed by atoms with Crippen molar-refractivity contribution in [1.29, 1.82) is 0 Å². The van der Waals surface area contributed by atoms with Gasteiger partial charge in [0.1, 0.15) is 0 Å². The lowest BCUT2D eigenvalue weighted by Gasteiger charge is -2.10. The Morgan fingerprint density at radius 3 is 3.50 bits per heavy atom. The summed E-state index contributed by atoms with van der Waals surface area (Å²) in [4.78, 5) is 3.40. The van der Waals surface area contributed by atoms with Crippen LogP contribution in [0.25, 0.3) is 10.2 Å². The van der Waals surface area contributed by atoms with Crippen LogP contribution in [0.2, 0.25) is 0 Å². The number of aromatic nitrogens is 1. The minimum Gasteiger partial charge on any atom is -0.357 e. The molecule has 60 valence electrons. The topological polar surface area (TPSA) is 27.8 Å². The van der Waals surface area contributed by atoms with Crippen molar-refractivity contribution in [2.24, 2.45) is 0 Å². The molecule has 3 heterocycles. The van der Waals surface area contributed by atoms with Gasteiger partial charge < -0.3 is 10.3 Å². The molecule has 0 aliphatic carbocycles. The Morgan fingerprint density at radius 2 is 2.50 bits per heavy atom. The molecule has 0 fully saturated rings. The quantitative estimate of drug-likeness (QED) is 0.629. The highest BCUT2D eigenvalue weighted by Crippen LogP contribution is 2.29. The normalized spacial score (nSPS) is 16.7. The second-order valence-corrected chi connectivity index (χ2v) is 3.86. The van der Waals surface area contributed by atoms with E-state index in [2.05, 4.69) is 28.3 Å². The highest BCUT2D eigenvalue weighted by molar-refractivity contribution is 7.17. The largest absolute Gasteiger partial charge is 0.357 e. The van der Waals surface area contributed by atoms with E-state index in [-0.39, 0.29) is 0 Å². The first kappa shape index (κ1) is 6.69. The van der Waals surface area contributed by atoms with E-state index in [4.69, 9.17) is 0 Å². The number of rotatable bonds is 0. The summed E-state index contributed by atoms with van der Waals surface area (Å²) in [5, 5.41) is 5.25. The van der Waals surface area contributed by atoms with Crippen LogP contribution in [0.4, 0.5) is 0 Å². The van der Waals surface area contributed by atoms with E-state index < -0.39 is 0 Å². The third-order valence-corrected chi connectivity index (χ3v) is 3.12. The summed E-state index contributed by atoms with van der Waals surface area (Å²) < 4.78 is 1.33. The van der Waals surface area contributed by atoms with Gasteiger partial charge in [0.05, 0.1) is 16.8 Å². The second-order valence-electron chi connectivity index (χ2n) is 2.94. The lowest BCUT2D eigenvalue weighted by molar-refractivity contribution is 0.744. The van der Waals surface area contributed by atoms with Gasteiger partial charge >= 0.3 is 0 Å². The maximum atomic E-state index is 3.40. The molecule has 1 aliphatic heterocycles. The summed E-state index contributed by atoms with van der Waals surface area (Å²) in [5.74, 6) is 0. The number of fused-ring (bicyclic) bond motifs is 3. The van der Waals surface area contributed by atoms with Crippen LogP contribution in [0.5, 0.6) is 0 Å². The van der Waals surface area contributed by atoms with Crippen LogP contribution in [0.15, 0.2) is 11.4 Å². The first-order valence-electron chi connectivity index (χ1n) is 4.02. The van der Waals surface area contributed by atoms with E-state index in [0.717, 1.165) is 13.0 Å². The molecule has 3 rings (SSSR count). The summed E-state index contributed by atoms with van der Waals surface area (Å²) in [6, 6.07) is 2.12. The zero-order chi connectivity index (χ0) is 7.97. The molecule has 0 saturated carbocycles. The van der Waals surface area contributed by atoms with Crippen LogP contribution < -0.4 is 5.32 Å². The molecule has 0 atom stereocenters. The molecule has 1 aliphatic rings. The van der Waals surface area contributed by atoms with Gasteiger partial charge in [-0.1, -0.05) is 0 Å². The van der Waals surface area contributed by atoms with Crippen molar-refractivity contribution in [2.45, 2.75) is 6.42 Å². The van der Waals surface area contributed by atoms with Crippen LogP contribution in [0.3, 0.4) is 0 Å². The van der Waals surface area contributed by atoms with Crippen LogP contribution in [-0.2, 0) is 6.42 Å². The zero-order valence-corrected chi connectivity index (χ0v) is 7.29. The Kier molecular flexibility index (Phi) is 1.31. The fourth-order valence-corrected chi connectivity index (χ4v) is 2.50. The zero-order valence-electron chi connectivity index (χ0n) is 6.48. The Balaban J connectivity index is 2.34. The van der Waals surface area contributed by atoms with Crippen molar-refractivity contribution >= 4 is 21.6 Å². The molecular weight excluding hydrogens is 168 g/mol. The van der Waals surface area contributed by atoms with Gasteiger partial charge in [-0.2, -0.15) is 0 Å². The summed E-state index contributed by atoms with van der Waals surface area (Å²) in [6.45, 7) is 4.20. The van der Waals surface area contributed by atoms with Crippen molar-refractivity contribution in [3.8, 4) is 0 Å². The molecule has 2 aromatic rings. The summed E-state index contributed by atoms with van der Waals surface area (Å²) in [5.41, 5.74) is 3.82. The second kappa shape index (κ2) is 2.34. The predicted molar refractivity (Wildman–Crippen MR) is 50.2 cm³/mol. The molecule has 2 aromatic heterocycles. The lowest BCUT2D eigenvalue weighted by atomic mass is 10.1. The van der Waals surface area contributed by atoms with Crippen molar-refractivity contribution in [2.75, 3.05) is 6.54 Å². The molecule has 12 heavy (non-hydrogen) atoms. The Hall–Kier alpha value is -0.800. The molecule has 0 aromatic carbocycles. The van der Waals surface area contributed by atoms with Gasteiger partial charge in [-0.05, 0) is 11.4 Å². The van der Waals surface area contributed by atoms with Crippen LogP contribution >= 0.6 is 11.3 Å². The van der Waals surface area contributed by atoms with E-state index >= 15 is 0 Å². The third kappa shape index (κ3) is 0.778. The third-order valence-electron chi connectivity index (χ3n) is 2.19. The highest BCUT2D eigenvalue weighted by Gasteiger charge is 2.15. The minimum atomic E-state index is 1.00. The first-order chi connectivity index (χ1) is 5.95. The maximum Gasteiger partial charge on any atom is 0.0967 e. The van der Waals surface area contributed by atoms with Gasteiger partial charge in [-0.3, -0.25) is 0 Å². The molecule has 0 amide bonds. The Labute approximate surface area is 74.6 Å². The standard InChI is InChI=1S/C9H8N2S/c1-3-10-5-6-7(1)11-8-2-4-12-9(6)8/h2,4,10-11H,1,3H2. The number of hydrogen-bond donors (Lipinski definition) is 2. The smallest absolute Gasteiger partial charge is 0.0967 e.